The van der Waals surface area contributed by atoms with Gasteiger partial charge in [-0.25, -0.2) is 4.79 Å². The van der Waals surface area contributed by atoms with E-state index in [-0.39, 0.29) is 5.69 Å². The fourth-order valence-corrected chi connectivity index (χ4v) is 2.95. The van der Waals surface area contributed by atoms with Crippen LogP contribution in [0.4, 0.5) is 5.69 Å². The van der Waals surface area contributed by atoms with Crippen LogP contribution >= 0.6 is 15.9 Å². The van der Waals surface area contributed by atoms with Crippen LogP contribution in [0, 0.1) is 10.1 Å². The first-order chi connectivity index (χ1) is 10.8. The lowest BCUT2D eigenvalue weighted by Gasteiger charge is -2.06. The number of nitrogens with one attached hydrogen (secondary N) is 1. The minimum atomic E-state index is -0.505. The van der Waals surface area contributed by atoms with Gasteiger partial charge in [-0.05, 0) is 6.07 Å². The van der Waals surface area contributed by atoms with Gasteiger partial charge in [0.15, 0.2) is 0 Å². The van der Waals surface area contributed by atoms with Crippen molar-refractivity contribution in [1.29, 1.82) is 0 Å². The molecule has 3 rings (SSSR count). The molecular formula is C14H11BrN4O4. The van der Waals surface area contributed by atoms with Crippen LogP contribution < -0.4 is 11.2 Å². The summed E-state index contributed by atoms with van der Waals surface area (Å²) in [5, 5.41) is 11.3. The van der Waals surface area contributed by atoms with Crippen molar-refractivity contribution in [3.8, 4) is 11.3 Å². The summed E-state index contributed by atoms with van der Waals surface area (Å²) in [6.45, 7) is 0. The first-order valence-corrected chi connectivity index (χ1v) is 7.33. The largest absolute Gasteiger partial charge is 0.359 e. The summed E-state index contributed by atoms with van der Waals surface area (Å²) in [5.41, 5.74) is 0.347. The molecule has 3 aromatic rings. The molecular weight excluding hydrogens is 368 g/mol. The van der Waals surface area contributed by atoms with E-state index in [0.717, 1.165) is 4.57 Å². The van der Waals surface area contributed by atoms with E-state index >= 15 is 0 Å². The Morgan fingerprint density at radius 3 is 2.57 bits per heavy atom. The molecule has 1 N–H and O–H groups in total. The standard InChI is InChI=1S/C14H11BrN4O4/c1-17-10-6-16-12(11(10)13(20)18(2)14(17)21)8-5-7(19(22)23)3-4-9(8)15/h3-6,16H,1-2H3. The van der Waals surface area contributed by atoms with Crippen LogP contribution in [0.3, 0.4) is 0 Å². The minimum absolute atomic E-state index is 0.0902. The second-order valence-electron chi connectivity index (χ2n) is 5.05. The Morgan fingerprint density at radius 1 is 1.22 bits per heavy atom. The Bertz CT molecular complexity index is 1080. The second kappa shape index (κ2) is 5.20. The van der Waals surface area contributed by atoms with Gasteiger partial charge < -0.3 is 4.98 Å². The average Bonchev–Trinajstić information content (AvgIpc) is 2.96. The topological polar surface area (TPSA) is 103 Å². The third kappa shape index (κ3) is 2.20. The van der Waals surface area contributed by atoms with Crippen molar-refractivity contribution in [1.82, 2.24) is 14.1 Å². The van der Waals surface area contributed by atoms with E-state index < -0.39 is 16.2 Å². The molecule has 2 aromatic heterocycles. The number of fused-ring (bicyclic) bond motifs is 1. The maximum atomic E-state index is 12.5. The zero-order chi connectivity index (χ0) is 16.9. The summed E-state index contributed by atoms with van der Waals surface area (Å²) in [5.74, 6) is 0. The Morgan fingerprint density at radius 2 is 1.91 bits per heavy atom. The molecule has 0 radical (unpaired) electrons. The number of aromatic amines is 1. The van der Waals surface area contributed by atoms with E-state index in [9.17, 15) is 19.7 Å². The highest BCUT2D eigenvalue weighted by Crippen LogP contribution is 2.33. The van der Waals surface area contributed by atoms with Crippen LogP contribution in [0.2, 0.25) is 0 Å². The zero-order valence-corrected chi connectivity index (χ0v) is 13.7. The van der Waals surface area contributed by atoms with Crippen molar-refractivity contribution in [2.24, 2.45) is 14.1 Å². The highest BCUT2D eigenvalue weighted by molar-refractivity contribution is 9.10. The van der Waals surface area contributed by atoms with E-state index in [1.165, 1.54) is 23.7 Å². The number of nitro benzene ring substituents is 1. The number of H-pyrrole nitrogens is 1. The molecule has 8 nitrogen and oxygen atoms in total. The normalized spacial score (nSPS) is 11.1. The molecule has 0 aliphatic heterocycles. The Kier molecular flexibility index (Phi) is 3.44. The third-order valence-corrected chi connectivity index (χ3v) is 4.43. The molecule has 0 fully saturated rings. The number of benzene rings is 1. The van der Waals surface area contributed by atoms with Gasteiger partial charge in [0.2, 0.25) is 0 Å². The summed E-state index contributed by atoms with van der Waals surface area (Å²) in [4.78, 5) is 37.9. The Hall–Kier alpha value is -2.68. The van der Waals surface area contributed by atoms with Crippen molar-refractivity contribution in [2.75, 3.05) is 0 Å². The number of hydrogen-bond donors (Lipinski definition) is 1. The Labute approximate surface area is 137 Å². The molecule has 0 spiro atoms. The molecule has 0 aliphatic rings. The molecule has 0 aliphatic carbocycles. The monoisotopic (exact) mass is 378 g/mol. The van der Waals surface area contributed by atoms with Crippen LogP contribution in [0.25, 0.3) is 22.2 Å². The van der Waals surface area contributed by atoms with Gasteiger partial charge in [-0.2, -0.15) is 0 Å². The van der Waals surface area contributed by atoms with Gasteiger partial charge in [0, 0.05) is 42.5 Å². The van der Waals surface area contributed by atoms with Gasteiger partial charge >= 0.3 is 5.69 Å². The van der Waals surface area contributed by atoms with Crippen LogP contribution in [0.1, 0.15) is 0 Å². The van der Waals surface area contributed by atoms with Crippen molar-refractivity contribution in [2.45, 2.75) is 0 Å². The quantitative estimate of drug-likeness (QED) is 0.543. The average molecular weight is 379 g/mol. The van der Waals surface area contributed by atoms with Gasteiger partial charge in [0.25, 0.3) is 11.2 Å². The Balaban J connectivity index is 2.44. The number of nitrogens with zero attached hydrogens (tertiary/aromatic N) is 3. The van der Waals surface area contributed by atoms with E-state index in [0.29, 0.717) is 26.6 Å². The van der Waals surface area contributed by atoms with Crippen molar-refractivity contribution in [3.05, 3.63) is 59.8 Å². The minimum Gasteiger partial charge on any atom is -0.359 e. The maximum Gasteiger partial charge on any atom is 0.330 e. The van der Waals surface area contributed by atoms with Crippen LogP contribution in [-0.4, -0.2) is 19.0 Å². The van der Waals surface area contributed by atoms with E-state index in [1.54, 1.807) is 19.3 Å². The molecule has 0 saturated heterocycles. The lowest BCUT2D eigenvalue weighted by atomic mass is 10.1. The maximum absolute atomic E-state index is 12.5. The SMILES string of the molecule is Cn1c(=O)c2c(-c3cc([N+](=O)[O-])ccc3Br)[nH]cc2n(C)c1=O. The lowest BCUT2D eigenvalue weighted by Crippen LogP contribution is -2.36. The number of aryl methyl sites for hydroxylation is 1. The van der Waals surface area contributed by atoms with Crippen molar-refractivity contribution >= 4 is 32.5 Å². The van der Waals surface area contributed by atoms with E-state index in [2.05, 4.69) is 20.9 Å². The number of hydrogen-bond acceptors (Lipinski definition) is 4. The van der Waals surface area contributed by atoms with E-state index in [4.69, 9.17) is 0 Å². The van der Waals surface area contributed by atoms with Crippen molar-refractivity contribution < 1.29 is 4.92 Å². The summed E-state index contributed by atoms with van der Waals surface area (Å²) in [6.07, 6.45) is 1.54. The second-order valence-corrected chi connectivity index (χ2v) is 5.91. The number of rotatable bonds is 2. The first-order valence-electron chi connectivity index (χ1n) is 6.54. The summed E-state index contributed by atoms with van der Waals surface area (Å²) < 4.78 is 2.95. The van der Waals surface area contributed by atoms with Crippen LogP contribution in [0.5, 0.6) is 0 Å². The van der Waals surface area contributed by atoms with Gasteiger partial charge in [-0.1, -0.05) is 15.9 Å². The first kappa shape index (κ1) is 15.2. The molecule has 9 heteroatoms. The van der Waals surface area contributed by atoms with Crippen LogP contribution in [0.15, 0.2) is 38.5 Å². The predicted molar refractivity (Wildman–Crippen MR) is 88.6 cm³/mol. The molecule has 2 heterocycles. The molecule has 1 aromatic carbocycles. The number of halogens is 1. The zero-order valence-electron chi connectivity index (χ0n) is 12.2. The molecule has 118 valence electrons. The number of nitro groups is 1. The molecule has 0 saturated carbocycles. The summed E-state index contributed by atoms with van der Waals surface area (Å²) in [6, 6.07) is 4.29. The fraction of sp³-hybridized carbons (Fsp3) is 0.143. The van der Waals surface area contributed by atoms with Gasteiger partial charge in [-0.3, -0.25) is 24.0 Å². The van der Waals surface area contributed by atoms with E-state index in [1.807, 2.05) is 0 Å². The molecule has 0 bridgehead atoms. The fourth-order valence-electron chi connectivity index (χ4n) is 2.51. The number of aromatic nitrogens is 3. The predicted octanol–water partition coefficient (Wildman–Crippen LogP) is 1.90. The smallest absolute Gasteiger partial charge is 0.330 e. The highest BCUT2D eigenvalue weighted by Gasteiger charge is 2.19. The van der Waals surface area contributed by atoms with Gasteiger partial charge in [0.1, 0.15) is 0 Å². The summed E-state index contributed by atoms with van der Waals surface area (Å²) >= 11 is 3.34. The summed E-state index contributed by atoms with van der Waals surface area (Å²) in [7, 11) is 2.95. The number of non-ortho nitro benzene ring substituents is 1. The highest BCUT2D eigenvalue weighted by atomic mass is 79.9. The molecule has 0 atom stereocenters. The van der Waals surface area contributed by atoms with Crippen LogP contribution in [-0.2, 0) is 14.1 Å². The lowest BCUT2D eigenvalue weighted by molar-refractivity contribution is -0.384. The van der Waals surface area contributed by atoms with Crippen molar-refractivity contribution in [3.63, 3.8) is 0 Å². The van der Waals surface area contributed by atoms with Gasteiger partial charge in [-0.15, -0.1) is 0 Å². The third-order valence-electron chi connectivity index (χ3n) is 3.74. The molecule has 0 amide bonds. The molecule has 23 heavy (non-hydrogen) atoms. The molecule has 0 unspecified atom stereocenters. The van der Waals surface area contributed by atoms with Gasteiger partial charge in [0.05, 0.1) is 21.5 Å².